The van der Waals surface area contributed by atoms with E-state index in [1.54, 1.807) is 7.05 Å². The highest BCUT2D eigenvalue weighted by atomic mass is 19.1. The summed E-state index contributed by atoms with van der Waals surface area (Å²) >= 11 is 0. The van der Waals surface area contributed by atoms with E-state index in [4.69, 9.17) is 40.9 Å². The number of anilines is 1. The zero-order valence-corrected chi connectivity index (χ0v) is 23.1. The van der Waals surface area contributed by atoms with Gasteiger partial charge in [-0.05, 0) is 31.7 Å². The fourth-order valence-corrected chi connectivity index (χ4v) is 3.53. The third-order valence-corrected chi connectivity index (χ3v) is 5.56. The topological polar surface area (TPSA) is 188 Å². The molecule has 0 bridgehead atoms. The van der Waals surface area contributed by atoms with E-state index in [-0.39, 0.29) is 43.4 Å². The van der Waals surface area contributed by atoms with E-state index < -0.39 is 37.2 Å². The van der Waals surface area contributed by atoms with Crippen LogP contribution in [-0.4, -0.2) is 99.7 Å². The van der Waals surface area contributed by atoms with Crippen LogP contribution >= 0.6 is 0 Å². The van der Waals surface area contributed by atoms with E-state index in [0.29, 0.717) is 51.2 Å². The Bertz CT molecular complexity index is 962. The maximum Gasteiger partial charge on any atom is 0.333 e. The Hall–Kier alpha value is -3.16. The van der Waals surface area contributed by atoms with Gasteiger partial charge in [-0.2, -0.15) is 0 Å². The van der Waals surface area contributed by atoms with Gasteiger partial charge in [-0.1, -0.05) is 0 Å². The monoisotopic (exact) mass is 585 g/mol. The van der Waals surface area contributed by atoms with E-state index in [9.17, 15) is 23.9 Å². The number of terminal acetylenes is 1. The number of aliphatic hydroxyl groups excluding tert-OH is 1. The van der Waals surface area contributed by atoms with Gasteiger partial charge in [0.2, 0.25) is 12.2 Å². The molecule has 0 aliphatic carbocycles. The summed E-state index contributed by atoms with van der Waals surface area (Å²) in [6.07, 6.45) is 3.73. The molecule has 1 aromatic rings. The van der Waals surface area contributed by atoms with Crippen LogP contribution in [0.2, 0.25) is 0 Å². The first kappa shape index (κ1) is 35.9. The zero-order valence-electron chi connectivity index (χ0n) is 23.1. The van der Waals surface area contributed by atoms with Crippen LogP contribution < -0.4 is 21.1 Å². The first-order valence-electron chi connectivity index (χ1n) is 13.0. The number of aliphatic carboxylic acids is 1. The van der Waals surface area contributed by atoms with Crippen molar-refractivity contribution in [3.8, 4) is 18.1 Å². The minimum Gasteiger partial charge on any atom is -0.479 e. The second-order valence-corrected chi connectivity index (χ2v) is 8.59. The lowest BCUT2D eigenvalue weighted by Gasteiger charge is -2.31. The predicted octanol–water partition coefficient (Wildman–Crippen LogP) is 0.577. The summed E-state index contributed by atoms with van der Waals surface area (Å²) in [6.45, 7) is 1.37. The van der Waals surface area contributed by atoms with Gasteiger partial charge in [0.25, 0.3) is 0 Å². The number of aliphatic hydroxyl groups is 1. The molecule has 4 unspecified atom stereocenters. The standard InChI is InChI=1S/C20H25FN2O6.C7H15NO4/c1-3-4-5-15(22-2)19(25)23-13-6-7-16(12(8-13)11-21)28-18-10-14(24)9-17(29-18)20(26)27;8-7-12-6-5-11-4-3-10-2-1-9/h1,6-8,14-15,17-18,22,24H,4-5,9-11H2,2H3,(H,23,25)(H,26,27);1H,2-8H2. The van der Waals surface area contributed by atoms with Crippen molar-refractivity contribution in [3.05, 3.63) is 23.8 Å². The van der Waals surface area contributed by atoms with E-state index in [1.165, 1.54) is 18.2 Å². The van der Waals surface area contributed by atoms with Crippen LogP contribution in [0.1, 0.15) is 31.2 Å². The highest BCUT2D eigenvalue weighted by molar-refractivity contribution is 5.95. The molecular weight excluding hydrogens is 545 g/mol. The largest absolute Gasteiger partial charge is 0.479 e. The summed E-state index contributed by atoms with van der Waals surface area (Å²) in [4.78, 5) is 33.2. The highest BCUT2D eigenvalue weighted by Crippen LogP contribution is 2.29. The summed E-state index contributed by atoms with van der Waals surface area (Å²) in [5, 5.41) is 24.5. The lowest BCUT2D eigenvalue weighted by atomic mass is 10.1. The SMILES string of the molecule is C#CCCC(NC)C(=O)Nc1ccc(OC2CC(O)CC(C(=O)O)O2)c(CF)c1.NCOCCOCCOCC=O. The second kappa shape index (κ2) is 21.6. The van der Waals surface area contributed by atoms with Gasteiger partial charge in [0.05, 0.1) is 45.3 Å². The number of benzene rings is 1. The van der Waals surface area contributed by atoms with Gasteiger partial charge in [0.15, 0.2) is 6.10 Å². The number of amides is 1. The molecule has 1 amide bonds. The Morgan fingerprint density at radius 3 is 2.56 bits per heavy atom. The number of carbonyl (C=O) groups is 3. The number of nitrogens with one attached hydrogen (secondary N) is 2. The molecule has 230 valence electrons. The number of halogens is 1. The molecule has 0 aromatic heterocycles. The van der Waals surface area contributed by atoms with Crippen molar-refractivity contribution >= 4 is 23.9 Å². The summed E-state index contributed by atoms with van der Waals surface area (Å²) in [5.74, 6) is 1.12. The molecule has 0 spiro atoms. The number of carboxylic acids is 1. The number of aldehydes is 1. The molecule has 2 rings (SSSR count). The van der Waals surface area contributed by atoms with Crippen LogP contribution in [0.25, 0.3) is 0 Å². The summed E-state index contributed by atoms with van der Waals surface area (Å²) < 4.78 is 39.1. The van der Waals surface area contributed by atoms with Gasteiger partial charge in [0.1, 0.15) is 25.3 Å². The first-order valence-corrected chi connectivity index (χ1v) is 13.0. The van der Waals surface area contributed by atoms with Crippen LogP contribution in [0.15, 0.2) is 18.2 Å². The molecule has 0 saturated carbocycles. The van der Waals surface area contributed by atoms with Crippen LogP contribution in [0.4, 0.5) is 10.1 Å². The van der Waals surface area contributed by atoms with Crippen LogP contribution in [0.5, 0.6) is 5.75 Å². The molecular formula is C27H40FN3O10. The Labute approximate surface area is 238 Å². The lowest BCUT2D eigenvalue weighted by Crippen LogP contribution is -2.42. The van der Waals surface area contributed by atoms with Gasteiger partial charge in [0, 0.05) is 30.5 Å². The number of carboxylic acid groups (broad SMARTS) is 1. The summed E-state index contributed by atoms with van der Waals surface area (Å²) in [5.41, 5.74) is 5.60. The molecule has 0 radical (unpaired) electrons. The normalized spacial score (nSPS) is 18.8. The zero-order chi connectivity index (χ0) is 30.5. The van der Waals surface area contributed by atoms with Crippen molar-refractivity contribution in [1.82, 2.24) is 5.32 Å². The molecule has 1 aliphatic heterocycles. The molecule has 4 atom stereocenters. The average molecular weight is 586 g/mol. The predicted molar refractivity (Wildman–Crippen MR) is 146 cm³/mol. The number of likely N-dealkylation sites (N-methyl/N-ethyl adjacent to an activating group) is 1. The number of nitrogens with two attached hydrogens (primary N) is 1. The van der Waals surface area contributed by atoms with Gasteiger partial charge in [-0.25, -0.2) is 9.18 Å². The molecule has 1 heterocycles. The van der Waals surface area contributed by atoms with Gasteiger partial charge >= 0.3 is 5.97 Å². The molecule has 1 saturated heterocycles. The van der Waals surface area contributed by atoms with Gasteiger partial charge in [-0.3, -0.25) is 4.79 Å². The van der Waals surface area contributed by atoms with E-state index in [0.717, 1.165) is 0 Å². The van der Waals surface area contributed by atoms with Crippen molar-refractivity contribution in [2.24, 2.45) is 5.73 Å². The smallest absolute Gasteiger partial charge is 0.333 e. The number of carbonyl (C=O) groups excluding carboxylic acids is 2. The molecule has 14 heteroatoms. The quantitative estimate of drug-likeness (QED) is 0.0699. The number of hydrogen-bond donors (Lipinski definition) is 5. The number of hydrogen-bond acceptors (Lipinski definition) is 11. The van der Waals surface area contributed by atoms with E-state index in [2.05, 4.69) is 16.6 Å². The Morgan fingerprint density at radius 2 is 1.95 bits per heavy atom. The molecule has 6 N–H and O–H groups in total. The minimum atomic E-state index is -1.20. The highest BCUT2D eigenvalue weighted by Gasteiger charge is 2.34. The third kappa shape index (κ3) is 14.9. The fourth-order valence-electron chi connectivity index (χ4n) is 3.53. The maximum atomic E-state index is 13.5. The van der Waals surface area contributed by atoms with Crippen molar-refractivity contribution in [2.75, 3.05) is 52.1 Å². The summed E-state index contributed by atoms with van der Waals surface area (Å²) in [6, 6.07) is 3.94. The Morgan fingerprint density at radius 1 is 1.24 bits per heavy atom. The first-order chi connectivity index (χ1) is 19.8. The maximum absolute atomic E-state index is 13.5. The van der Waals surface area contributed by atoms with Crippen LogP contribution in [-0.2, 0) is 40.0 Å². The number of rotatable bonds is 18. The van der Waals surface area contributed by atoms with Gasteiger partial charge < -0.3 is 55.1 Å². The molecule has 1 fully saturated rings. The summed E-state index contributed by atoms with van der Waals surface area (Å²) in [7, 11) is 1.65. The van der Waals surface area contributed by atoms with Crippen molar-refractivity contribution in [3.63, 3.8) is 0 Å². The van der Waals surface area contributed by atoms with Crippen molar-refractivity contribution < 1.29 is 52.7 Å². The number of ether oxygens (including phenoxy) is 5. The fraction of sp³-hybridized carbons (Fsp3) is 0.593. The molecule has 1 aliphatic rings. The molecule has 13 nitrogen and oxygen atoms in total. The molecule has 41 heavy (non-hydrogen) atoms. The Balaban J connectivity index is 0.000000590. The van der Waals surface area contributed by atoms with Crippen LogP contribution in [0, 0.1) is 12.3 Å². The molecule has 1 aromatic carbocycles. The van der Waals surface area contributed by atoms with Crippen molar-refractivity contribution in [2.45, 2.75) is 56.9 Å². The van der Waals surface area contributed by atoms with Crippen LogP contribution in [0.3, 0.4) is 0 Å². The van der Waals surface area contributed by atoms with Gasteiger partial charge in [-0.15, -0.1) is 12.3 Å². The average Bonchev–Trinajstić information content (AvgIpc) is 2.95. The van der Waals surface area contributed by atoms with E-state index in [1.807, 2.05) is 0 Å². The number of alkyl halides is 1. The van der Waals surface area contributed by atoms with E-state index >= 15 is 0 Å². The lowest BCUT2D eigenvalue weighted by molar-refractivity contribution is -0.195. The minimum absolute atomic E-state index is 0.0392. The Kier molecular flexibility index (Phi) is 18.9. The van der Waals surface area contributed by atoms with Crippen molar-refractivity contribution in [1.29, 1.82) is 0 Å². The second-order valence-electron chi connectivity index (χ2n) is 8.59. The third-order valence-electron chi connectivity index (χ3n) is 5.56.